The zero-order valence-corrected chi connectivity index (χ0v) is 14.0. The van der Waals surface area contributed by atoms with Crippen LogP contribution in [0.3, 0.4) is 0 Å². The van der Waals surface area contributed by atoms with Crippen molar-refractivity contribution in [1.82, 2.24) is 15.5 Å². The fourth-order valence-corrected chi connectivity index (χ4v) is 3.47. The topological polar surface area (TPSA) is 48.9 Å². The van der Waals surface area contributed by atoms with E-state index < -0.39 is 0 Å². The van der Waals surface area contributed by atoms with Crippen molar-refractivity contribution < 1.29 is 4.74 Å². The Hall–Kier alpha value is -0.810. The summed E-state index contributed by atoms with van der Waals surface area (Å²) < 4.78 is 5.78. The molecule has 0 spiro atoms. The number of nitrogens with zero attached hydrogens (tertiary/aromatic N) is 2. The highest BCUT2D eigenvalue weighted by Crippen LogP contribution is 2.40. The van der Waals surface area contributed by atoms with E-state index in [1.54, 1.807) is 0 Å². The Labute approximate surface area is 129 Å². The van der Waals surface area contributed by atoms with Gasteiger partial charge in [0.1, 0.15) is 0 Å². The van der Waals surface area contributed by atoms with Gasteiger partial charge in [0.2, 0.25) is 0 Å². The molecular formula is C16H32N4O. The van der Waals surface area contributed by atoms with Gasteiger partial charge >= 0.3 is 0 Å². The maximum absolute atomic E-state index is 5.78. The highest BCUT2D eigenvalue weighted by molar-refractivity contribution is 5.79. The van der Waals surface area contributed by atoms with Gasteiger partial charge in [-0.05, 0) is 31.7 Å². The molecule has 1 aliphatic heterocycles. The molecule has 1 aliphatic carbocycles. The number of aliphatic imine (C=N–C) groups is 1. The highest BCUT2D eigenvalue weighted by atomic mass is 16.5. The molecule has 2 N–H and O–H groups in total. The van der Waals surface area contributed by atoms with Gasteiger partial charge in [0.05, 0.1) is 12.7 Å². The quantitative estimate of drug-likeness (QED) is 0.595. The average Bonchev–Trinajstić information content (AvgIpc) is 2.97. The largest absolute Gasteiger partial charge is 0.374 e. The Morgan fingerprint density at radius 1 is 1.33 bits per heavy atom. The van der Waals surface area contributed by atoms with Crippen LogP contribution in [-0.2, 0) is 4.74 Å². The fraction of sp³-hybridized carbons (Fsp3) is 0.938. The summed E-state index contributed by atoms with van der Waals surface area (Å²) in [6.45, 7) is 7.02. The maximum atomic E-state index is 5.78. The van der Waals surface area contributed by atoms with Crippen LogP contribution >= 0.6 is 0 Å². The van der Waals surface area contributed by atoms with Crippen molar-refractivity contribution in [2.75, 3.05) is 46.9 Å². The van der Waals surface area contributed by atoms with Gasteiger partial charge in [0.25, 0.3) is 0 Å². The Morgan fingerprint density at radius 2 is 2.10 bits per heavy atom. The van der Waals surface area contributed by atoms with Crippen LogP contribution in [0.25, 0.3) is 0 Å². The van der Waals surface area contributed by atoms with Gasteiger partial charge in [-0.25, -0.2) is 0 Å². The Balaban J connectivity index is 1.73. The van der Waals surface area contributed by atoms with E-state index in [1.807, 2.05) is 7.05 Å². The van der Waals surface area contributed by atoms with Crippen LogP contribution in [-0.4, -0.2) is 63.8 Å². The average molecular weight is 296 g/mol. The number of ether oxygens (including phenoxy) is 1. The Morgan fingerprint density at radius 3 is 2.71 bits per heavy atom. The molecule has 2 rings (SSSR count). The van der Waals surface area contributed by atoms with E-state index in [2.05, 4.69) is 34.5 Å². The third-order valence-corrected chi connectivity index (χ3v) is 5.11. The van der Waals surface area contributed by atoms with Crippen LogP contribution < -0.4 is 10.6 Å². The first-order chi connectivity index (χ1) is 10.2. The van der Waals surface area contributed by atoms with Gasteiger partial charge in [-0.2, -0.15) is 0 Å². The van der Waals surface area contributed by atoms with Gasteiger partial charge in [-0.3, -0.25) is 4.99 Å². The molecule has 0 amide bonds. The number of likely N-dealkylation sites (N-methyl/N-ethyl adjacent to an activating group) is 1. The summed E-state index contributed by atoms with van der Waals surface area (Å²) in [5, 5.41) is 6.94. The molecule has 1 heterocycles. The second-order valence-electron chi connectivity index (χ2n) is 6.62. The Kier molecular flexibility index (Phi) is 6.30. The predicted molar refractivity (Wildman–Crippen MR) is 87.8 cm³/mol. The molecule has 2 fully saturated rings. The molecule has 0 radical (unpaired) electrons. The number of rotatable bonds is 5. The van der Waals surface area contributed by atoms with E-state index in [-0.39, 0.29) is 6.10 Å². The fourth-order valence-electron chi connectivity index (χ4n) is 3.47. The smallest absolute Gasteiger partial charge is 0.191 e. The van der Waals surface area contributed by atoms with Crippen molar-refractivity contribution in [3.8, 4) is 0 Å². The van der Waals surface area contributed by atoms with Gasteiger partial charge < -0.3 is 20.3 Å². The molecule has 122 valence electrons. The molecule has 0 aromatic heterocycles. The van der Waals surface area contributed by atoms with Crippen molar-refractivity contribution in [2.24, 2.45) is 10.4 Å². The minimum absolute atomic E-state index is 0.258. The molecule has 1 unspecified atom stereocenters. The van der Waals surface area contributed by atoms with Gasteiger partial charge in [-0.15, -0.1) is 0 Å². The molecule has 5 nitrogen and oxygen atoms in total. The van der Waals surface area contributed by atoms with E-state index in [4.69, 9.17) is 4.74 Å². The van der Waals surface area contributed by atoms with E-state index in [0.717, 1.165) is 38.7 Å². The lowest BCUT2D eigenvalue weighted by atomic mass is 9.83. The van der Waals surface area contributed by atoms with E-state index in [0.29, 0.717) is 5.41 Å². The molecule has 1 atom stereocenters. The summed E-state index contributed by atoms with van der Waals surface area (Å²) >= 11 is 0. The number of guanidine groups is 1. The highest BCUT2D eigenvalue weighted by Gasteiger charge is 2.31. The molecule has 2 aliphatic rings. The number of nitrogens with one attached hydrogen (secondary N) is 2. The van der Waals surface area contributed by atoms with Gasteiger partial charge in [0.15, 0.2) is 5.96 Å². The van der Waals surface area contributed by atoms with Gasteiger partial charge in [0, 0.05) is 33.2 Å². The third kappa shape index (κ3) is 4.85. The number of hydrogen-bond donors (Lipinski definition) is 2. The van der Waals surface area contributed by atoms with Crippen molar-refractivity contribution in [2.45, 2.75) is 45.1 Å². The molecule has 0 aromatic rings. The summed E-state index contributed by atoms with van der Waals surface area (Å²) in [4.78, 5) is 6.66. The van der Waals surface area contributed by atoms with Crippen molar-refractivity contribution >= 4 is 5.96 Å². The standard InChI is InChI=1S/C16H32N4O/c1-4-16(7-5-6-8-16)13-19-15(17-2)18-11-14-12-20(3)9-10-21-14/h14H,4-13H2,1-3H3,(H2,17,18,19). The monoisotopic (exact) mass is 296 g/mol. The predicted octanol–water partition coefficient (Wildman–Crippen LogP) is 1.45. The molecule has 0 bridgehead atoms. The summed E-state index contributed by atoms with van der Waals surface area (Å²) in [6.07, 6.45) is 6.98. The van der Waals surface area contributed by atoms with Crippen molar-refractivity contribution in [3.63, 3.8) is 0 Å². The second-order valence-corrected chi connectivity index (χ2v) is 6.62. The van der Waals surface area contributed by atoms with Crippen LogP contribution in [0.4, 0.5) is 0 Å². The first-order valence-electron chi connectivity index (χ1n) is 8.42. The lowest BCUT2D eigenvalue weighted by molar-refractivity contribution is -0.0161. The molecule has 21 heavy (non-hydrogen) atoms. The van der Waals surface area contributed by atoms with Crippen LogP contribution in [0.2, 0.25) is 0 Å². The zero-order chi connectivity index (χ0) is 15.1. The summed E-state index contributed by atoms with van der Waals surface area (Å²) in [5.74, 6) is 0.909. The second kappa shape index (κ2) is 7.99. The van der Waals surface area contributed by atoms with Gasteiger partial charge in [-0.1, -0.05) is 19.8 Å². The zero-order valence-electron chi connectivity index (χ0n) is 14.0. The number of hydrogen-bond acceptors (Lipinski definition) is 3. The van der Waals surface area contributed by atoms with Crippen LogP contribution in [0.1, 0.15) is 39.0 Å². The number of morpholine rings is 1. The molecule has 5 heteroatoms. The summed E-state index contributed by atoms with van der Waals surface area (Å²) in [5.41, 5.74) is 0.485. The van der Waals surface area contributed by atoms with E-state index >= 15 is 0 Å². The van der Waals surface area contributed by atoms with Crippen LogP contribution in [0, 0.1) is 5.41 Å². The minimum Gasteiger partial charge on any atom is -0.374 e. The van der Waals surface area contributed by atoms with Crippen LogP contribution in [0.15, 0.2) is 4.99 Å². The summed E-state index contributed by atoms with van der Waals surface area (Å²) in [6, 6.07) is 0. The maximum Gasteiger partial charge on any atom is 0.191 e. The molecule has 1 saturated heterocycles. The van der Waals surface area contributed by atoms with Crippen molar-refractivity contribution in [1.29, 1.82) is 0 Å². The normalized spacial score (nSPS) is 26.8. The molecule has 1 saturated carbocycles. The lowest BCUT2D eigenvalue weighted by Crippen LogP contribution is -2.49. The minimum atomic E-state index is 0.258. The third-order valence-electron chi connectivity index (χ3n) is 5.11. The first kappa shape index (κ1) is 16.6. The van der Waals surface area contributed by atoms with Crippen molar-refractivity contribution in [3.05, 3.63) is 0 Å². The molecular weight excluding hydrogens is 264 g/mol. The van der Waals surface area contributed by atoms with E-state index in [1.165, 1.54) is 32.1 Å². The summed E-state index contributed by atoms with van der Waals surface area (Å²) in [7, 11) is 3.99. The van der Waals surface area contributed by atoms with E-state index in [9.17, 15) is 0 Å². The first-order valence-corrected chi connectivity index (χ1v) is 8.42. The SMILES string of the molecule is CCC1(CNC(=NC)NCC2CN(C)CCO2)CCCC1. The molecule has 0 aromatic carbocycles. The lowest BCUT2D eigenvalue weighted by Gasteiger charge is -2.31. The van der Waals surface area contributed by atoms with Crippen LogP contribution in [0.5, 0.6) is 0 Å². The Bertz CT molecular complexity index is 339.